The molecule has 2 aromatic heterocycles. The number of para-hydroxylation sites is 1. The van der Waals surface area contributed by atoms with Crippen molar-refractivity contribution < 1.29 is 9.53 Å². The first-order chi connectivity index (χ1) is 11.2. The van der Waals surface area contributed by atoms with E-state index in [2.05, 4.69) is 16.3 Å². The van der Waals surface area contributed by atoms with Crippen LogP contribution in [-0.2, 0) is 0 Å². The van der Waals surface area contributed by atoms with Crippen LogP contribution in [0.1, 0.15) is 10.5 Å². The highest BCUT2D eigenvalue weighted by atomic mass is 16.5. The Morgan fingerprint density at radius 3 is 2.91 bits per heavy atom. The Morgan fingerprint density at radius 1 is 1.30 bits per heavy atom. The molecule has 3 rings (SSSR count). The number of nitrogens with one attached hydrogen (secondary N) is 1. The average molecular weight is 305 g/mol. The maximum Gasteiger partial charge on any atom is 0.272 e. The number of benzene rings is 1. The summed E-state index contributed by atoms with van der Waals surface area (Å²) in [6.45, 7) is 0.161. The third-order valence-electron chi connectivity index (χ3n) is 3.48. The molecule has 1 aromatic carbocycles. The minimum absolute atomic E-state index is 0.161. The summed E-state index contributed by atoms with van der Waals surface area (Å²) in [5.74, 6) is 2.80. The number of rotatable bonds is 4. The van der Waals surface area contributed by atoms with Gasteiger partial charge in [-0.2, -0.15) is 5.10 Å². The number of methoxy groups -OCH3 is 1. The molecule has 0 aliphatic carbocycles. The van der Waals surface area contributed by atoms with Crippen molar-refractivity contribution in [2.45, 2.75) is 0 Å². The van der Waals surface area contributed by atoms with Gasteiger partial charge in [-0.25, -0.2) is 4.52 Å². The van der Waals surface area contributed by atoms with Crippen molar-refractivity contribution in [3.8, 4) is 29.2 Å². The van der Waals surface area contributed by atoms with Gasteiger partial charge in [0.25, 0.3) is 5.91 Å². The summed E-state index contributed by atoms with van der Waals surface area (Å²) in [5, 5.41) is 6.96. The molecule has 0 saturated carbocycles. The second-order valence-electron chi connectivity index (χ2n) is 4.87. The molecule has 0 atom stereocenters. The number of carbonyl (C=O) groups excluding carboxylic acids is 1. The minimum Gasteiger partial charge on any atom is -0.496 e. The smallest absolute Gasteiger partial charge is 0.272 e. The van der Waals surface area contributed by atoms with Crippen molar-refractivity contribution in [1.82, 2.24) is 14.9 Å². The molecule has 0 saturated heterocycles. The van der Waals surface area contributed by atoms with Crippen LogP contribution in [0.15, 0.2) is 48.7 Å². The molecule has 0 bridgehead atoms. The molecule has 0 aliphatic heterocycles. The van der Waals surface area contributed by atoms with Gasteiger partial charge in [0.05, 0.1) is 19.2 Å². The average Bonchev–Trinajstić information content (AvgIpc) is 3.07. The van der Waals surface area contributed by atoms with Crippen LogP contribution < -0.4 is 10.1 Å². The van der Waals surface area contributed by atoms with Crippen molar-refractivity contribution in [3.05, 3.63) is 54.4 Å². The molecule has 23 heavy (non-hydrogen) atoms. The number of fused-ring (bicyclic) bond motifs is 1. The Labute approximate surface area is 133 Å². The monoisotopic (exact) mass is 305 g/mol. The van der Waals surface area contributed by atoms with Gasteiger partial charge in [-0.05, 0) is 24.3 Å². The predicted octanol–water partition coefficient (Wildman–Crippen LogP) is 2.37. The van der Waals surface area contributed by atoms with Gasteiger partial charge in [0.1, 0.15) is 11.4 Å². The molecule has 2 heterocycles. The number of nitrogens with zero attached hydrogens (tertiary/aromatic N) is 2. The number of aromatic nitrogens is 2. The number of carbonyl (C=O) groups is 1. The summed E-state index contributed by atoms with van der Waals surface area (Å²) in [6.07, 6.45) is 6.98. The topological polar surface area (TPSA) is 55.6 Å². The lowest BCUT2D eigenvalue weighted by molar-refractivity contribution is 0.0952. The molecule has 5 heteroatoms. The van der Waals surface area contributed by atoms with Crippen LogP contribution in [0.25, 0.3) is 16.6 Å². The van der Waals surface area contributed by atoms with Gasteiger partial charge >= 0.3 is 0 Å². The van der Waals surface area contributed by atoms with Crippen LogP contribution in [0.2, 0.25) is 0 Å². The first-order valence-electron chi connectivity index (χ1n) is 7.08. The summed E-state index contributed by atoms with van der Waals surface area (Å²) < 4.78 is 7.11. The van der Waals surface area contributed by atoms with Crippen LogP contribution in [0.5, 0.6) is 5.75 Å². The number of hydrogen-bond donors (Lipinski definition) is 1. The Bertz CT molecular complexity index is 906. The SMILES string of the molecule is C#CCNC(=O)c1cc(-c2ccccc2OC)c2cccn2n1. The van der Waals surface area contributed by atoms with E-state index in [1.165, 1.54) is 0 Å². The van der Waals surface area contributed by atoms with E-state index in [0.717, 1.165) is 22.4 Å². The van der Waals surface area contributed by atoms with E-state index in [9.17, 15) is 4.79 Å². The normalized spacial score (nSPS) is 10.3. The fourth-order valence-corrected chi connectivity index (χ4v) is 2.44. The Kier molecular flexibility index (Phi) is 3.98. The summed E-state index contributed by atoms with van der Waals surface area (Å²) >= 11 is 0. The summed E-state index contributed by atoms with van der Waals surface area (Å²) in [4.78, 5) is 12.2. The van der Waals surface area contributed by atoms with E-state index in [1.54, 1.807) is 23.9 Å². The zero-order valence-corrected chi connectivity index (χ0v) is 12.6. The maximum atomic E-state index is 12.2. The molecule has 114 valence electrons. The van der Waals surface area contributed by atoms with Crippen molar-refractivity contribution in [3.63, 3.8) is 0 Å². The molecular formula is C18H15N3O2. The second kappa shape index (κ2) is 6.24. The highest BCUT2D eigenvalue weighted by Crippen LogP contribution is 2.32. The molecule has 0 radical (unpaired) electrons. The minimum atomic E-state index is -0.310. The van der Waals surface area contributed by atoms with Gasteiger partial charge in [-0.15, -0.1) is 6.42 Å². The van der Waals surface area contributed by atoms with Crippen molar-refractivity contribution >= 4 is 11.4 Å². The maximum absolute atomic E-state index is 12.2. The molecular weight excluding hydrogens is 290 g/mol. The van der Waals surface area contributed by atoms with Crippen molar-refractivity contribution in [2.24, 2.45) is 0 Å². The van der Waals surface area contributed by atoms with E-state index < -0.39 is 0 Å². The molecule has 1 N–H and O–H groups in total. The quantitative estimate of drug-likeness (QED) is 0.753. The van der Waals surface area contributed by atoms with E-state index in [1.807, 2.05) is 36.4 Å². The van der Waals surface area contributed by atoms with Crippen molar-refractivity contribution in [1.29, 1.82) is 0 Å². The first-order valence-corrected chi connectivity index (χ1v) is 7.08. The van der Waals surface area contributed by atoms with Gasteiger partial charge < -0.3 is 10.1 Å². The fourth-order valence-electron chi connectivity index (χ4n) is 2.44. The molecule has 0 aliphatic rings. The number of terminal acetylenes is 1. The van der Waals surface area contributed by atoms with Gasteiger partial charge in [-0.3, -0.25) is 4.79 Å². The molecule has 0 spiro atoms. The molecule has 0 unspecified atom stereocenters. The standard InChI is InChI=1S/C18H15N3O2/c1-3-10-19-18(22)15-12-14(16-8-6-11-21(16)20-15)13-7-4-5-9-17(13)23-2/h1,4-9,11-12H,10H2,2H3,(H,19,22). The van der Waals surface area contributed by atoms with Crippen LogP contribution in [-0.4, -0.2) is 29.2 Å². The van der Waals surface area contributed by atoms with Crippen LogP contribution in [0.3, 0.4) is 0 Å². The summed E-state index contributed by atoms with van der Waals surface area (Å²) in [7, 11) is 1.62. The lowest BCUT2D eigenvalue weighted by Crippen LogP contribution is -2.25. The highest BCUT2D eigenvalue weighted by Gasteiger charge is 2.15. The van der Waals surface area contributed by atoms with Gasteiger partial charge in [0.2, 0.25) is 0 Å². The summed E-state index contributed by atoms with van der Waals surface area (Å²) in [6, 6.07) is 13.2. The molecule has 1 amide bonds. The zero-order chi connectivity index (χ0) is 16.2. The zero-order valence-electron chi connectivity index (χ0n) is 12.6. The van der Waals surface area contributed by atoms with E-state index in [-0.39, 0.29) is 12.5 Å². The lowest BCUT2D eigenvalue weighted by Gasteiger charge is -2.11. The summed E-state index contributed by atoms with van der Waals surface area (Å²) in [5.41, 5.74) is 2.95. The number of ether oxygens (including phenoxy) is 1. The van der Waals surface area contributed by atoms with E-state index in [0.29, 0.717) is 5.69 Å². The third-order valence-corrected chi connectivity index (χ3v) is 3.48. The Hall–Kier alpha value is -3.26. The largest absolute Gasteiger partial charge is 0.496 e. The van der Waals surface area contributed by atoms with Crippen LogP contribution in [0, 0.1) is 12.3 Å². The Balaban J connectivity index is 2.18. The lowest BCUT2D eigenvalue weighted by atomic mass is 10.0. The highest BCUT2D eigenvalue weighted by molar-refractivity contribution is 5.95. The van der Waals surface area contributed by atoms with Gasteiger partial charge in [0, 0.05) is 17.3 Å². The third kappa shape index (κ3) is 2.74. The Morgan fingerprint density at radius 2 is 2.13 bits per heavy atom. The molecule has 3 aromatic rings. The first kappa shape index (κ1) is 14.7. The van der Waals surface area contributed by atoms with Crippen LogP contribution >= 0.6 is 0 Å². The molecule has 0 fully saturated rings. The van der Waals surface area contributed by atoms with Gasteiger partial charge in [-0.1, -0.05) is 24.1 Å². The number of amides is 1. The predicted molar refractivity (Wildman–Crippen MR) is 88.3 cm³/mol. The van der Waals surface area contributed by atoms with E-state index in [4.69, 9.17) is 11.2 Å². The fraction of sp³-hybridized carbons (Fsp3) is 0.111. The van der Waals surface area contributed by atoms with E-state index >= 15 is 0 Å². The van der Waals surface area contributed by atoms with Crippen molar-refractivity contribution in [2.75, 3.05) is 13.7 Å². The molecule has 5 nitrogen and oxygen atoms in total. The van der Waals surface area contributed by atoms with Gasteiger partial charge in [0.15, 0.2) is 0 Å². The van der Waals surface area contributed by atoms with Crippen LogP contribution in [0.4, 0.5) is 0 Å². The number of hydrogen-bond acceptors (Lipinski definition) is 3. The second-order valence-corrected chi connectivity index (χ2v) is 4.87.